The van der Waals surface area contributed by atoms with E-state index < -0.39 is 0 Å². The van der Waals surface area contributed by atoms with Crippen LogP contribution in [0.5, 0.6) is 0 Å². The normalized spacial score (nSPS) is 10.7. The number of anilines is 3. The molecule has 3 aromatic carbocycles. The summed E-state index contributed by atoms with van der Waals surface area (Å²) in [5, 5.41) is 2.46. The van der Waals surface area contributed by atoms with Crippen LogP contribution in [0.15, 0.2) is 95.7 Å². The van der Waals surface area contributed by atoms with Crippen LogP contribution < -0.4 is 4.90 Å². The van der Waals surface area contributed by atoms with Crippen LogP contribution >= 0.6 is 15.9 Å². The van der Waals surface area contributed by atoms with Crippen LogP contribution in [0.3, 0.4) is 0 Å². The maximum atomic E-state index is 4.39. The van der Waals surface area contributed by atoms with Gasteiger partial charge in [0.1, 0.15) is 4.60 Å². The number of para-hydroxylation sites is 1. The highest BCUT2D eigenvalue weighted by atomic mass is 79.9. The minimum Gasteiger partial charge on any atom is -0.309 e. The van der Waals surface area contributed by atoms with Gasteiger partial charge in [0.15, 0.2) is 0 Å². The minimum absolute atomic E-state index is 0.831. The van der Waals surface area contributed by atoms with Crippen molar-refractivity contribution in [1.82, 2.24) is 4.98 Å². The van der Waals surface area contributed by atoms with Gasteiger partial charge >= 0.3 is 0 Å². The van der Waals surface area contributed by atoms with E-state index in [1.165, 1.54) is 10.8 Å². The first kappa shape index (κ1) is 14.9. The first-order valence-electron chi connectivity index (χ1n) is 7.77. The van der Waals surface area contributed by atoms with Gasteiger partial charge in [-0.15, -0.1) is 0 Å². The van der Waals surface area contributed by atoms with Gasteiger partial charge in [-0.2, -0.15) is 0 Å². The van der Waals surface area contributed by atoms with Gasteiger partial charge in [0.2, 0.25) is 0 Å². The van der Waals surface area contributed by atoms with E-state index in [-0.39, 0.29) is 0 Å². The Bertz CT molecular complexity index is 966. The van der Waals surface area contributed by atoms with Gasteiger partial charge in [0.05, 0.1) is 11.9 Å². The predicted octanol–water partition coefficient (Wildman–Crippen LogP) is 6.47. The van der Waals surface area contributed by atoms with Crippen molar-refractivity contribution in [3.8, 4) is 0 Å². The summed E-state index contributed by atoms with van der Waals surface area (Å²) in [6.07, 6.45) is 1.88. The van der Waals surface area contributed by atoms with Crippen molar-refractivity contribution >= 4 is 43.8 Å². The molecular formula is C21H15BrN2. The van der Waals surface area contributed by atoms with E-state index in [4.69, 9.17) is 0 Å². The molecule has 24 heavy (non-hydrogen) atoms. The molecule has 0 aliphatic rings. The molecule has 1 heterocycles. The van der Waals surface area contributed by atoms with E-state index in [2.05, 4.69) is 98.6 Å². The van der Waals surface area contributed by atoms with E-state index in [9.17, 15) is 0 Å². The van der Waals surface area contributed by atoms with Gasteiger partial charge < -0.3 is 4.90 Å². The number of aromatic nitrogens is 1. The van der Waals surface area contributed by atoms with Gasteiger partial charge in [-0.3, -0.25) is 0 Å². The van der Waals surface area contributed by atoms with Crippen LogP contribution in [0.2, 0.25) is 0 Å². The molecule has 3 heteroatoms. The topological polar surface area (TPSA) is 16.1 Å². The number of benzene rings is 3. The highest BCUT2D eigenvalue weighted by Crippen LogP contribution is 2.35. The molecule has 0 unspecified atom stereocenters. The molecule has 4 rings (SSSR count). The summed E-state index contributed by atoms with van der Waals surface area (Å²) in [6, 6.07) is 29.3. The quantitative estimate of drug-likeness (QED) is 0.382. The summed E-state index contributed by atoms with van der Waals surface area (Å²) in [4.78, 5) is 6.60. The van der Waals surface area contributed by atoms with E-state index in [0.717, 1.165) is 21.7 Å². The first-order chi connectivity index (χ1) is 11.8. The van der Waals surface area contributed by atoms with E-state index >= 15 is 0 Å². The molecule has 1 aromatic heterocycles. The second kappa shape index (κ2) is 6.46. The Kier molecular flexibility index (Phi) is 4.01. The lowest BCUT2D eigenvalue weighted by atomic mass is 10.1. The van der Waals surface area contributed by atoms with Crippen molar-refractivity contribution < 1.29 is 0 Å². The monoisotopic (exact) mass is 374 g/mol. The first-order valence-corrected chi connectivity index (χ1v) is 8.56. The molecule has 0 spiro atoms. The molecule has 0 aliphatic carbocycles. The van der Waals surface area contributed by atoms with E-state index in [1.807, 2.05) is 18.3 Å². The van der Waals surface area contributed by atoms with Gasteiger partial charge in [0, 0.05) is 11.4 Å². The van der Waals surface area contributed by atoms with Crippen molar-refractivity contribution in [3.05, 3.63) is 95.7 Å². The predicted molar refractivity (Wildman–Crippen MR) is 104 cm³/mol. The zero-order chi connectivity index (χ0) is 16.4. The highest BCUT2D eigenvalue weighted by Gasteiger charge is 2.12. The number of pyridine rings is 1. The van der Waals surface area contributed by atoms with Crippen molar-refractivity contribution in [2.75, 3.05) is 4.90 Å². The summed E-state index contributed by atoms with van der Waals surface area (Å²) in [5.41, 5.74) is 3.25. The minimum atomic E-state index is 0.831. The summed E-state index contributed by atoms with van der Waals surface area (Å²) in [7, 11) is 0. The average Bonchev–Trinajstić information content (AvgIpc) is 2.64. The molecular weight excluding hydrogens is 360 g/mol. The zero-order valence-electron chi connectivity index (χ0n) is 12.9. The fraction of sp³-hybridized carbons (Fsp3) is 0. The largest absolute Gasteiger partial charge is 0.309 e. The number of rotatable bonds is 3. The maximum Gasteiger partial charge on any atom is 0.106 e. The Hall–Kier alpha value is -2.65. The summed E-state index contributed by atoms with van der Waals surface area (Å²) in [6.45, 7) is 0. The second-order valence-electron chi connectivity index (χ2n) is 5.54. The maximum absolute atomic E-state index is 4.39. The smallest absolute Gasteiger partial charge is 0.106 e. The standard InChI is InChI=1S/C21H15BrN2/c22-21-13-12-20(15-23-21)24(18-8-2-1-3-9-18)19-11-10-16-6-4-5-7-17(16)14-19/h1-15H. The summed E-state index contributed by atoms with van der Waals surface area (Å²) in [5.74, 6) is 0. The van der Waals surface area contributed by atoms with Gasteiger partial charge in [-0.25, -0.2) is 4.98 Å². The third-order valence-electron chi connectivity index (χ3n) is 3.98. The van der Waals surface area contributed by atoms with Crippen LogP contribution in [-0.2, 0) is 0 Å². The van der Waals surface area contributed by atoms with Crippen LogP contribution in [0, 0.1) is 0 Å². The van der Waals surface area contributed by atoms with E-state index in [0.29, 0.717) is 0 Å². The number of halogens is 1. The molecule has 0 aliphatic heterocycles. The van der Waals surface area contributed by atoms with Crippen LogP contribution in [-0.4, -0.2) is 4.98 Å². The lowest BCUT2D eigenvalue weighted by molar-refractivity contribution is 1.21. The number of hydrogen-bond acceptors (Lipinski definition) is 2. The van der Waals surface area contributed by atoms with Gasteiger partial charge in [-0.05, 0) is 63.1 Å². The average molecular weight is 375 g/mol. The van der Waals surface area contributed by atoms with Crippen molar-refractivity contribution in [2.45, 2.75) is 0 Å². The lowest BCUT2D eigenvalue weighted by Gasteiger charge is -2.25. The van der Waals surface area contributed by atoms with Gasteiger partial charge in [-0.1, -0.05) is 48.5 Å². The second-order valence-corrected chi connectivity index (χ2v) is 6.35. The Labute approximate surface area is 149 Å². The molecule has 0 fully saturated rings. The molecule has 0 bridgehead atoms. The zero-order valence-corrected chi connectivity index (χ0v) is 14.5. The van der Waals surface area contributed by atoms with Crippen molar-refractivity contribution in [1.29, 1.82) is 0 Å². The van der Waals surface area contributed by atoms with E-state index in [1.54, 1.807) is 0 Å². The molecule has 0 saturated heterocycles. The van der Waals surface area contributed by atoms with Crippen LogP contribution in [0.4, 0.5) is 17.1 Å². The lowest BCUT2D eigenvalue weighted by Crippen LogP contribution is -2.10. The molecule has 2 nitrogen and oxygen atoms in total. The van der Waals surface area contributed by atoms with Crippen molar-refractivity contribution in [3.63, 3.8) is 0 Å². The molecule has 0 saturated carbocycles. The van der Waals surface area contributed by atoms with Crippen molar-refractivity contribution in [2.24, 2.45) is 0 Å². The van der Waals surface area contributed by atoms with Crippen LogP contribution in [0.1, 0.15) is 0 Å². The number of hydrogen-bond donors (Lipinski definition) is 0. The Morgan fingerprint density at radius 3 is 2.08 bits per heavy atom. The molecule has 0 radical (unpaired) electrons. The molecule has 116 valence electrons. The summed E-state index contributed by atoms with van der Waals surface area (Å²) >= 11 is 3.41. The molecule has 0 atom stereocenters. The number of nitrogens with zero attached hydrogens (tertiary/aromatic N) is 2. The third-order valence-corrected chi connectivity index (χ3v) is 4.44. The summed E-state index contributed by atoms with van der Waals surface area (Å²) < 4.78 is 0.831. The molecule has 0 N–H and O–H groups in total. The van der Waals surface area contributed by atoms with Crippen LogP contribution in [0.25, 0.3) is 10.8 Å². The fourth-order valence-electron chi connectivity index (χ4n) is 2.84. The molecule has 4 aromatic rings. The molecule has 0 amide bonds. The Balaban J connectivity index is 1.89. The van der Waals surface area contributed by atoms with Gasteiger partial charge in [0.25, 0.3) is 0 Å². The Morgan fingerprint density at radius 1 is 0.625 bits per heavy atom. The Morgan fingerprint density at radius 2 is 1.33 bits per heavy atom. The highest BCUT2D eigenvalue weighted by molar-refractivity contribution is 9.10. The fourth-order valence-corrected chi connectivity index (χ4v) is 3.07. The number of fused-ring (bicyclic) bond motifs is 1. The SMILES string of the molecule is Brc1ccc(N(c2ccccc2)c2ccc3ccccc3c2)cn1. The third kappa shape index (κ3) is 2.91.